The maximum absolute atomic E-state index is 13.1. The molecule has 2 heterocycles. The maximum Gasteiger partial charge on any atom is 0.192 e. The second kappa shape index (κ2) is 8.19. The van der Waals surface area contributed by atoms with Crippen LogP contribution in [0.3, 0.4) is 0 Å². The van der Waals surface area contributed by atoms with E-state index in [1.807, 2.05) is 44.4 Å². The summed E-state index contributed by atoms with van der Waals surface area (Å²) >= 11 is 1.42. The van der Waals surface area contributed by atoms with Crippen LogP contribution in [0.5, 0.6) is 0 Å². The minimum Gasteiger partial charge on any atom is -0.469 e. The normalized spacial score (nSPS) is 12.2. The number of carbonyl (C=O) groups is 1. The van der Waals surface area contributed by atoms with E-state index >= 15 is 0 Å². The highest BCUT2D eigenvalue weighted by Gasteiger charge is 2.23. The molecular formula is C22H25N3O2S. The molecule has 146 valence electrons. The van der Waals surface area contributed by atoms with Crippen LogP contribution in [-0.2, 0) is 6.54 Å². The number of nitrogens with zero attached hydrogens (tertiary/aromatic N) is 3. The maximum atomic E-state index is 13.1. The average Bonchev–Trinajstić information content (AvgIpc) is 3.24. The van der Waals surface area contributed by atoms with Crippen molar-refractivity contribution in [2.24, 2.45) is 0 Å². The zero-order valence-electron chi connectivity index (χ0n) is 16.9. The second-order valence-corrected chi connectivity index (χ2v) is 8.28. The molecule has 0 radical (unpaired) electrons. The van der Waals surface area contributed by atoms with E-state index < -0.39 is 0 Å². The van der Waals surface area contributed by atoms with Gasteiger partial charge in [-0.15, -0.1) is 16.8 Å². The number of hydrogen-bond acceptors (Lipinski definition) is 5. The van der Waals surface area contributed by atoms with Crippen molar-refractivity contribution in [1.82, 2.24) is 14.8 Å². The molecule has 0 saturated carbocycles. The van der Waals surface area contributed by atoms with Gasteiger partial charge in [-0.2, -0.15) is 0 Å². The highest BCUT2D eigenvalue weighted by Crippen LogP contribution is 2.31. The Balaban J connectivity index is 1.90. The van der Waals surface area contributed by atoms with Gasteiger partial charge in [-0.3, -0.25) is 9.36 Å². The summed E-state index contributed by atoms with van der Waals surface area (Å²) in [6.07, 6.45) is 3.44. The Bertz CT molecular complexity index is 1030. The number of rotatable bonds is 7. The van der Waals surface area contributed by atoms with Crippen molar-refractivity contribution in [3.63, 3.8) is 0 Å². The quantitative estimate of drug-likeness (QED) is 0.308. The molecule has 0 fully saturated rings. The minimum atomic E-state index is -0.285. The first-order valence-corrected chi connectivity index (χ1v) is 10.1. The van der Waals surface area contributed by atoms with Crippen molar-refractivity contribution in [2.45, 2.75) is 51.6 Å². The largest absolute Gasteiger partial charge is 0.469 e. The lowest BCUT2D eigenvalue weighted by Gasteiger charge is -2.14. The topological polar surface area (TPSA) is 60.9 Å². The van der Waals surface area contributed by atoms with Crippen LogP contribution in [0.25, 0.3) is 11.4 Å². The highest BCUT2D eigenvalue weighted by atomic mass is 32.2. The van der Waals surface area contributed by atoms with Gasteiger partial charge in [-0.05, 0) is 63.4 Å². The summed E-state index contributed by atoms with van der Waals surface area (Å²) < 4.78 is 7.37. The third kappa shape index (κ3) is 3.83. The van der Waals surface area contributed by atoms with E-state index in [0.29, 0.717) is 11.7 Å². The van der Waals surface area contributed by atoms with Gasteiger partial charge in [0.15, 0.2) is 16.8 Å². The van der Waals surface area contributed by atoms with E-state index in [9.17, 15) is 4.79 Å². The minimum absolute atomic E-state index is 0.0970. The van der Waals surface area contributed by atoms with Crippen molar-refractivity contribution < 1.29 is 9.21 Å². The fourth-order valence-corrected chi connectivity index (χ4v) is 4.07. The van der Waals surface area contributed by atoms with E-state index in [1.54, 1.807) is 12.3 Å². The summed E-state index contributed by atoms with van der Waals surface area (Å²) in [6.45, 7) is 14.3. The first kappa shape index (κ1) is 20.1. The molecule has 3 aromatic rings. The molecular weight excluding hydrogens is 370 g/mol. The predicted molar refractivity (Wildman–Crippen MR) is 113 cm³/mol. The molecule has 0 amide bonds. The lowest BCUT2D eigenvalue weighted by molar-refractivity contribution is 0.0993. The van der Waals surface area contributed by atoms with Crippen molar-refractivity contribution in [2.75, 3.05) is 0 Å². The summed E-state index contributed by atoms with van der Waals surface area (Å²) in [7, 11) is 0. The van der Waals surface area contributed by atoms with Gasteiger partial charge in [-0.1, -0.05) is 23.9 Å². The van der Waals surface area contributed by atoms with Crippen LogP contribution >= 0.6 is 11.8 Å². The fourth-order valence-electron chi connectivity index (χ4n) is 3.14. The average molecular weight is 396 g/mol. The standard InChI is InChI=1S/C22H25N3O2S/c1-7-9-25-21(18-8-10-27-16(18)5)23-24-22(25)28-17(6)20(26)19-12-14(3)13(2)11-15(19)4/h7-8,10-12,17H,1,9H2,2-6H3. The lowest BCUT2D eigenvalue weighted by Crippen LogP contribution is -2.16. The van der Waals surface area contributed by atoms with Gasteiger partial charge in [0.1, 0.15) is 5.76 Å². The first-order chi connectivity index (χ1) is 13.3. The molecule has 0 saturated heterocycles. The van der Waals surface area contributed by atoms with Gasteiger partial charge in [0.2, 0.25) is 0 Å². The van der Waals surface area contributed by atoms with Gasteiger partial charge >= 0.3 is 0 Å². The number of furan rings is 1. The highest BCUT2D eigenvalue weighted by molar-refractivity contribution is 8.00. The van der Waals surface area contributed by atoms with Gasteiger partial charge in [0.25, 0.3) is 0 Å². The lowest BCUT2D eigenvalue weighted by atomic mass is 9.97. The monoisotopic (exact) mass is 395 g/mol. The van der Waals surface area contributed by atoms with Crippen molar-refractivity contribution in [3.8, 4) is 11.4 Å². The first-order valence-electron chi connectivity index (χ1n) is 9.20. The Morgan fingerprint density at radius 2 is 1.93 bits per heavy atom. The Morgan fingerprint density at radius 3 is 2.57 bits per heavy atom. The van der Waals surface area contributed by atoms with Gasteiger partial charge in [0, 0.05) is 12.1 Å². The smallest absolute Gasteiger partial charge is 0.192 e. The predicted octanol–water partition coefficient (Wildman–Crippen LogP) is 5.32. The third-order valence-electron chi connectivity index (χ3n) is 4.89. The number of aryl methyl sites for hydroxylation is 4. The van der Waals surface area contributed by atoms with Crippen LogP contribution in [0, 0.1) is 27.7 Å². The van der Waals surface area contributed by atoms with Crippen LogP contribution in [-0.4, -0.2) is 25.8 Å². The van der Waals surface area contributed by atoms with E-state index in [4.69, 9.17) is 4.42 Å². The van der Waals surface area contributed by atoms with E-state index in [-0.39, 0.29) is 11.0 Å². The van der Waals surface area contributed by atoms with E-state index in [2.05, 4.69) is 29.8 Å². The molecule has 0 aliphatic heterocycles. The van der Waals surface area contributed by atoms with E-state index in [1.165, 1.54) is 17.3 Å². The molecule has 3 rings (SSSR count). The summed E-state index contributed by atoms with van der Waals surface area (Å²) in [4.78, 5) is 13.1. The number of Topliss-reactive ketones (excluding diaryl/α,β-unsaturated/α-hetero) is 1. The number of allylic oxidation sites excluding steroid dienone is 1. The van der Waals surface area contributed by atoms with Gasteiger partial charge in [-0.25, -0.2) is 0 Å². The number of hydrogen-bond donors (Lipinski definition) is 0. The Kier molecular flexibility index (Phi) is 5.89. The van der Waals surface area contributed by atoms with Gasteiger partial charge < -0.3 is 4.42 Å². The molecule has 0 spiro atoms. The molecule has 1 atom stereocenters. The van der Waals surface area contributed by atoms with Crippen LogP contribution in [0.4, 0.5) is 0 Å². The second-order valence-electron chi connectivity index (χ2n) is 6.97. The van der Waals surface area contributed by atoms with E-state index in [0.717, 1.165) is 33.8 Å². The number of benzene rings is 1. The molecule has 1 unspecified atom stereocenters. The molecule has 0 aliphatic rings. The van der Waals surface area contributed by atoms with Crippen LogP contribution in [0.1, 0.15) is 39.7 Å². The van der Waals surface area contributed by atoms with Crippen molar-refractivity contribution in [1.29, 1.82) is 0 Å². The van der Waals surface area contributed by atoms with Crippen LogP contribution in [0.15, 0.2) is 46.7 Å². The SMILES string of the molecule is C=CCn1c(SC(C)C(=O)c2cc(C)c(C)cc2C)nnc1-c1ccoc1C. The molecule has 28 heavy (non-hydrogen) atoms. The van der Waals surface area contributed by atoms with Crippen molar-refractivity contribution in [3.05, 3.63) is 65.1 Å². The third-order valence-corrected chi connectivity index (χ3v) is 5.97. The number of aromatic nitrogens is 3. The Morgan fingerprint density at radius 1 is 1.21 bits per heavy atom. The molecule has 5 nitrogen and oxygen atoms in total. The zero-order valence-corrected chi connectivity index (χ0v) is 17.8. The fraction of sp³-hybridized carbons (Fsp3) is 0.318. The number of ketones is 1. The number of thioether (sulfide) groups is 1. The summed E-state index contributed by atoms with van der Waals surface area (Å²) in [6, 6.07) is 5.93. The van der Waals surface area contributed by atoms with Crippen molar-refractivity contribution >= 4 is 17.5 Å². The van der Waals surface area contributed by atoms with Crippen LogP contribution < -0.4 is 0 Å². The molecule has 2 aromatic heterocycles. The molecule has 0 bridgehead atoms. The van der Waals surface area contributed by atoms with Gasteiger partial charge in [0.05, 0.1) is 17.1 Å². The zero-order chi connectivity index (χ0) is 20.4. The van der Waals surface area contributed by atoms with Crippen LogP contribution in [0.2, 0.25) is 0 Å². The Labute approximate surface area is 169 Å². The molecule has 0 N–H and O–H groups in total. The summed E-state index contributed by atoms with van der Waals surface area (Å²) in [5.74, 6) is 1.60. The molecule has 1 aromatic carbocycles. The summed E-state index contributed by atoms with van der Waals surface area (Å²) in [5.41, 5.74) is 4.98. The summed E-state index contributed by atoms with van der Waals surface area (Å²) in [5, 5.41) is 9.08. The Hall–Kier alpha value is -2.60. The molecule has 0 aliphatic carbocycles. The number of carbonyl (C=O) groups excluding carboxylic acids is 1. The molecule has 6 heteroatoms.